The maximum absolute atomic E-state index is 5.53. The predicted octanol–water partition coefficient (Wildman–Crippen LogP) is 11.6. The van der Waals surface area contributed by atoms with Gasteiger partial charge in [-0.05, 0) is 59.7 Å². The average Bonchev–Trinajstić information content (AvgIpc) is 3.68. The van der Waals surface area contributed by atoms with Crippen molar-refractivity contribution in [3.05, 3.63) is 150 Å². The van der Waals surface area contributed by atoms with Gasteiger partial charge < -0.3 is 19.0 Å². The Morgan fingerprint density at radius 2 is 1.09 bits per heavy atom. The highest BCUT2D eigenvalue weighted by atomic mass is 79.9. The summed E-state index contributed by atoms with van der Waals surface area (Å²) in [6.45, 7) is 0. The Morgan fingerprint density at radius 1 is 0.532 bits per heavy atom. The summed E-state index contributed by atoms with van der Waals surface area (Å²) in [6, 6.07) is 51.1. The van der Waals surface area contributed by atoms with Crippen LogP contribution in [0.3, 0.4) is 0 Å². The van der Waals surface area contributed by atoms with Gasteiger partial charge >= 0.3 is 0 Å². The van der Waals surface area contributed by atoms with Crippen LogP contribution in [0, 0.1) is 0 Å². The Morgan fingerprint density at radius 3 is 1.77 bits per heavy atom. The first-order valence-electron chi connectivity index (χ1n) is 15.5. The molecule has 0 atom stereocenters. The molecule has 0 fully saturated rings. The van der Waals surface area contributed by atoms with Gasteiger partial charge in [0.2, 0.25) is 0 Å². The molecule has 228 valence electrons. The molecule has 0 aliphatic carbocycles. The molecule has 8 aromatic rings. The monoisotopic (exact) mass is 674 g/mol. The summed E-state index contributed by atoms with van der Waals surface area (Å²) < 4.78 is 14.5. The third kappa shape index (κ3) is 4.91. The Kier molecular flexibility index (Phi) is 7.39. The largest absolute Gasteiger partial charge is 0.497 e. The minimum atomic E-state index is 0.829. The lowest BCUT2D eigenvalue weighted by Crippen LogP contribution is -2.01. The number of nitrogens with zero attached hydrogens (tertiary/aromatic N) is 1. The lowest BCUT2D eigenvalue weighted by Gasteiger charge is -2.18. The molecule has 2 aromatic heterocycles. The smallest absolute Gasteiger partial charge is 0.118 e. The van der Waals surface area contributed by atoms with Gasteiger partial charge in [0.15, 0.2) is 0 Å². The number of ether oxygens (including phenoxy) is 2. The molecule has 0 radical (unpaired) electrons. The second-order valence-corrected chi connectivity index (χ2v) is 12.3. The van der Waals surface area contributed by atoms with Crippen molar-refractivity contribution < 1.29 is 9.47 Å². The normalized spacial score (nSPS) is 11.3. The number of H-pyrrole nitrogens is 1. The van der Waals surface area contributed by atoms with Crippen LogP contribution in [0.4, 0.5) is 0 Å². The van der Waals surface area contributed by atoms with Gasteiger partial charge in [-0.2, -0.15) is 0 Å². The number of para-hydroxylation sites is 3. The molecule has 0 aliphatic rings. The highest BCUT2D eigenvalue weighted by Crippen LogP contribution is 2.47. The van der Waals surface area contributed by atoms with Crippen molar-refractivity contribution in [3.63, 3.8) is 0 Å². The Labute approximate surface area is 282 Å². The van der Waals surface area contributed by atoms with Crippen LogP contribution >= 0.6 is 15.9 Å². The van der Waals surface area contributed by atoms with Crippen LogP contribution in [0.25, 0.3) is 72.3 Å². The number of aromatic nitrogens is 2. The zero-order chi connectivity index (χ0) is 31.9. The first-order valence-corrected chi connectivity index (χ1v) is 16.3. The van der Waals surface area contributed by atoms with Crippen LogP contribution in [0.15, 0.2) is 150 Å². The summed E-state index contributed by atoms with van der Waals surface area (Å²) in [5.74, 6) is 1.66. The fourth-order valence-corrected chi connectivity index (χ4v) is 7.20. The number of benzene rings is 6. The zero-order valence-electron chi connectivity index (χ0n) is 26.0. The average molecular weight is 676 g/mol. The lowest BCUT2D eigenvalue weighted by molar-refractivity contribution is 0.415. The Hall–Kier alpha value is -5.52. The van der Waals surface area contributed by atoms with Crippen molar-refractivity contribution in [1.82, 2.24) is 9.55 Å². The quantitative estimate of drug-likeness (QED) is 0.183. The molecule has 6 aromatic carbocycles. The molecule has 8 rings (SSSR count). The predicted molar refractivity (Wildman–Crippen MR) is 198 cm³/mol. The maximum atomic E-state index is 5.53. The van der Waals surface area contributed by atoms with Gasteiger partial charge in [-0.3, -0.25) is 0 Å². The molecule has 5 heteroatoms. The highest BCUT2D eigenvalue weighted by Gasteiger charge is 2.25. The van der Waals surface area contributed by atoms with E-state index in [1.165, 1.54) is 10.8 Å². The molecule has 0 aliphatic heterocycles. The number of hydrogen-bond donors (Lipinski definition) is 1. The van der Waals surface area contributed by atoms with Gasteiger partial charge in [-0.15, -0.1) is 0 Å². The van der Waals surface area contributed by atoms with E-state index in [-0.39, 0.29) is 0 Å². The summed E-state index contributed by atoms with van der Waals surface area (Å²) in [5, 5.41) is 2.34. The van der Waals surface area contributed by atoms with Crippen LogP contribution in [0.5, 0.6) is 11.5 Å². The number of methoxy groups -OCH3 is 2. The topological polar surface area (TPSA) is 39.2 Å². The third-order valence-electron chi connectivity index (χ3n) is 8.88. The summed E-state index contributed by atoms with van der Waals surface area (Å²) >= 11 is 3.92. The van der Waals surface area contributed by atoms with Gasteiger partial charge in [0.1, 0.15) is 11.5 Å². The number of nitrogens with one attached hydrogen (secondary N) is 1. The summed E-state index contributed by atoms with van der Waals surface area (Å²) in [4.78, 5) is 3.82. The molecule has 1 N–H and O–H groups in total. The summed E-state index contributed by atoms with van der Waals surface area (Å²) in [5.41, 5.74) is 12.2. The summed E-state index contributed by atoms with van der Waals surface area (Å²) in [7, 11) is 3.40. The van der Waals surface area contributed by atoms with Crippen molar-refractivity contribution in [2.75, 3.05) is 14.2 Å². The minimum Gasteiger partial charge on any atom is -0.497 e. The van der Waals surface area contributed by atoms with E-state index in [1.807, 2.05) is 24.3 Å². The van der Waals surface area contributed by atoms with Crippen LogP contribution < -0.4 is 9.47 Å². The zero-order valence-corrected chi connectivity index (χ0v) is 27.6. The first-order chi connectivity index (χ1) is 23.2. The molecule has 47 heavy (non-hydrogen) atoms. The number of hydrogen-bond acceptors (Lipinski definition) is 2. The molecule has 0 spiro atoms. The van der Waals surface area contributed by atoms with E-state index in [1.54, 1.807) is 14.2 Å². The number of halogens is 1. The molecular weight excluding hydrogens is 644 g/mol. The molecule has 4 nitrogen and oxygen atoms in total. The fourth-order valence-electron chi connectivity index (χ4n) is 6.73. The van der Waals surface area contributed by atoms with Gasteiger partial charge in [0, 0.05) is 43.0 Å². The second kappa shape index (κ2) is 12.0. The van der Waals surface area contributed by atoms with Gasteiger partial charge in [-0.1, -0.05) is 113 Å². The minimum absolute atomic E-state index is 0.829. The van der Waals surface area contributed by atoms with E-state index in [4.69, 9.17) is 9.47 Å². The lowest BCUT2D eigenvalue weighted by atomic mass is 9.96. The second-order valence-electron chi connectivity index (χ2n) is 11.5. The van der Waals surface area contributed by atoms with E-state index >= 15 is 0 Å². The maximum Gasteiger partial charge on any atom is 0.118 e. The number of fused-ring (bicyclic) bond motifs is 2. The molecular formula is C42H31BrN2O2. The van der Waals surface area contributed by atoms with Crippen LogP contribution in [-0.2, 0) is 0 Å². The third-order valence-corrected chi connectivity index (χ3v) is 9.57. The van der Waals surface area contributed by atoms with E-state index < -0.39 is 0 Å². The number of rotatable bonds is 7. The SMILES string of the molecule is COc1ccc(-c2c(-c3ccccc3-n3c(-c4ccccc4Br)c(-c4ccc(OC)cc4)c4ccccc43)[nH]c3ccccc23)cc1. The Balaban J connectivity index is 1.47. The van der Waals surface area contributed by atoms with Gasteiger partial charge in [0.05, 0.1) is 36.8 Å². The van der Waals surface area contributed by atoms with Crippen LogP contribution in [-0.4, -0.2) is 23.8 Å². The molecule has 0 bridgehead atoms. The van der Waals surface area contributed by atoms with Crippen molar-refractivity contribution in [2.24, 2.45) is 0 Å². The van der Waals surface area contributed by atoms with Crippen LogP contribution in [0.2, 0.25) is 0 Å². The Bertz CT molecular complexity index is 2380. The summed E-state index contributed by atoms with van der Waals surface area (Å²) in [6.07, 6.45) is 0. The van der Waals surface area contributed by atoms with E-state index in [9.17, 15) is 0 Å². The molecule has 0 unspecified atom stereocenters. The molecule has 2 heterocycles. The molecule has 0 saturated heterocycles. The highest BCUT2D eigenvalue weighted by molar-refractivity contribution is 9.10. The molecule has 0 amide bonds. The van der Waals surface area contributed by atoms with Crippen molar-refractivity contribution in [2.45, 2.75) is 0 Å². The van der Waals surface area contributed by atoms with E-state index in [2.05, 4.69) is 147 Å². The standard InChI is InChI=1S/C42H31BrN2O2/c1-46-29-23-19-27(20-24-29)39-32-12-4-8-16-36(32)44-41(39)34-14-6-10-18-38(34)45-37-17-9-5-13-33(37)40(28-21-25-30(47-2)26-22-28)42(45)31-11-3-7-15-35(31)43/h3-26,44H,1-2H3. The van der Waals surface area contributed by atoms with Gasteiger partial charge in [-0.25, -0.2) is 0 Å². The first kappa shape index (κ1) is 28.9. The molecule has 0 saturated carbocycles. The fraction of sp³-hybridized carbons (Fsp3) is 0.0476. The van der Waals surface area contributed by atoms with Crippen molar-refractivity contribution >= 4 is 37.7 Å². The van der Waals surface area contributed by atoms with Crippen molar-refractivity contribution in [1.29, 1.82) is 0 Å². The van der Waals surface area contributed by atoms with Gasteiger partial charge in [0.25, 0.3) is 0 Å². The van der Waals surface area contributed by atoms with Crippen LogP contribution in [0.1, 0.15) is 0 Å². The van der Waals surface area contributed by atoms with E-state index in [0.29, 0.717) is 0 Å². The number of aromatic amines is 1. The van der Waals surface area contributed by atoms with Crippen molar-refractivity contribution in [3.8, 4) is 62.0 Å². The van der Waals surface area contributed by atoms with E-state index in [0.717, 1.165) is 77.5 Å².